The van der Waals surface area contributed by atoms with Gasteiger partial charge in [0.05, 0.1) is 5.70 Å². The molecule has 2 aliphatic heterocycles. The summed E-state index contributed by atoms with van der Waals surface area (Å²) in [5.74, 6) is 1.69. The van der Waals surface area contributed by atoms with E-state index in [9.17, 15) is 9.90 Å². The Morgan fingerprint density at radius 1 is 0.884 bits per heavy atom. The first-order valence-corrected chi connectivity index (χ1v) is 14.8. The van der Waals surface area contributed by atoms with Crippen molar-refractivity contribution in [1.82, 2.24) is 10.2 Å². The third-order valence-corrected chi connectivity index (χ3v) is 8.15. The Morgan fingerprint density at radius 3 is 2.26 bits per heavy atom. The lowest BCUT2D eigenvalue weighted by atomic mass is 10.0. The van der Waals surface area contributed by atoms with Crippen LogP contribution < -0.4 is 10.1 Å². The number of carbonyl (C=O) groups is 1. The molecule has 2 aliphatic rings. The number of benzene rings is 4. The number of hydrogen-bond donors (Lipinski definition) is 2. The number of carboxylic acids is 1. The lowest BCUT2D eigenvalue weighted by Gasteiger charge is -2.28. The summed E-state index contributed by atoms with van der Waals surface area (Å²) in [5, 5.41) is 13.5. The van der Waals surface area contributed by atoms with Crippen molar-refractivity contribution in [3.05, 3.63) is 149 Å². The molecule has 1 fully saturated rings. The second-order valence-electron chi connectivity index (χ2n) is 11.0. The number of para-hydroxylation sites is 1. The molecule has 218 valence electrons. The molecule has 3 atom stereocenters. The van der Waals surface area contributed by atoms with E-state index in [1.54, 1.807) is 0 Å². The first kappa shape index (κ1) is 28.3. The number of nitrogens with zero attached hydrogens (tertiary/aromatic N) is 1. The van der Waals surface area contributed by atoms with Crippen molar-refractivity contribution < 1.29 is 19.4 Å². The van der Waals surface area contributed by atoms with Gasteiger partial charge in [-0.05, 0) is 60.7 Å². The first-order valence-electron chi connectivity index (χ1n) is 14.8. The molecule has 0 aromatic heterocycles. The second-order valence-corrected chi connectivity index (χ2v) is 11.0. The number of nitrogens with one attached hydrogen (secondary N) is 1. The minimum absolute atomic E-state index is 0.0435. The number of likely N-dealkylation sites (tertiary alicyclic amines) is 1. The summed E-state index contributed by atoms with van der Waals surface area (Å²) in [6, 6.07) is 35.8. The third-order valence-electron chi connectivity index (χ3n) is 8.15. The number of carboxylic acid groups (broad SMARTS) is 1. The van der Waals surface area contributed by atoms with Gasteiger partial charge in [-0.3, -0.25) is 9.69 Å². The minimum Gasteiger partial charge on any atom is -0.480 e. The standard InChI is InChI=1S/C37H36N2O4/c1-26-33(38-36(42-26)30-10-4-2-5-11-30)14-8-9-27-15-19-29(20-16-27)34-23-24-35(37(40)41)39(34)25-28-17-21-32(22-18-28)43-31-12-6-3-7-13-31/h2-13,15-22,34-36,38H,14,23-25H2,1H3,(H,40,41)/t34-,35-,36?/m1/s1. The Morgan fingerprint density at radius 2 is 1.56 bits per heavy atom. The molecular formula is C37H36N2O4. The summed E-state index contributed by atoms with van der Waals surface area (Å²) >= 11 is 0. The van der Waals surface area contributed by atoms with E-state index in [1.165, 1.54) is 0 Å². The highest BCUT2D eigenvalue weighted by atomic mass is 16.5. The van der Waals surface area contributed by atoms with E-state index in [-0.39, 0.29) is 12.3 Å². The maximum atomic E-state index is 12.2. The van der Waals surface area contributed by atoms with E-state index in [2.05, 4.69) is 58.8 Å². The van der Waals surface area contributed by atoms with Crippen LogP contribution >= 0.6 is 0 Å². The molecule has 0 spiro atoms. The maximum absolute atomic E-state index is 12.2. The fourth-order valence-corrected chi connectivity index (χ4v) is 5.87. The quantitative estimate of drug-likeness (QED) is 0.200. The molecule has 4 aromatic carbocycles. The van der Waals surface area contributed by atoms with Crippen molar-refractivity contribution in [3.8, 4) is 11.5 Å². The Kier molecular flexibility index (Phi) is 8.57. The number of aliphatic carboxylic acids is 1. The summed E-state index contributed by atoms with van der Waals surface area (Å²) in [6.07, 6.45) is 6.31. The molecule has 4 aromatic rings. The van der Waals surface area contributed by atoms with Crippen LogP contribution in [0.5, 0.6) is 11.5 Å². The van der Waals surface area contributed by atoms with Gasteiger partial charge >= 0.3 is 5.97 Å². The van der Waals surface area contributed by atoms with E-state index in [4.69, 9.17) is 9.47 Å². The summed E-state index contributed by atoms with van der Waals surface area (Å²) < 4.78 is 11.9. The molecule has 0 amide bonds. The molecule has 6 nitrogen and oxygen atoms in total. The Balaban J connectivity index is 1.08. The average Bonchev–Trinajstić information content (AvgIpc) is 3.63. The smallest absolute Gasteiger partial charge is 0.320 e. The van der Waals surface area contributed by atoms with Crippen molar-refractivity contribution in [3.63, 3.8) is 0 Å². The van der Waals surface area contributed by atoms with E-state index in [0.717, 1.165) is 58.1 Å². The predicted octanol–water partition coefficient (Wildman–Crippen LogP) is 8.22. The highest BCUT2D eigenvalue weighted by Gasteiger charge is 2.38. The highest BCUT2D eigenvalue weighted by molar-refractivity contribution is 5.74. The number of rotatable bonds is 10. The fourth-order valence-electron chi connectivity index (χ4n) is 5.87. The second kappa shape index (κ2) is 13.0. The molecule has 0 saturated carbocycles. The van der Waals surface area contributed by atoms with Crippen molar-refractivity contribution >= 4 is 12.0 Å². The normalized spacial score (nSPS) is 20.3. The lowest BCUT2D eigenvalue weighted by molar-refractivity contribution is -0.142. The molecule has 0 bridgehead atoms. The number of hydrogen-bond acceptors (Lipinski definition) is 5. The van der Waals surface area contributed by atoms with E-state index in [1.807, 2.05) is 79.7 Å². The first-order chi connectivity index (χ1) is 21.0. The Hall–Kier alpha value is -4.81. The Bertz CT molecular complexity index is 1580. The molecule has 1 saturated heterocycles. The van der Waals surface area contributed by atoms with Crippen LogP contribution in [0.15, 0.2) is 127 Å². The van der Waals surface area contributed by atoms with Gasteiger partial charge in [-0.1, -0.05) is 97.1 Å². The van der Waals surface area contributed by atoms with E-state index in [0.29, 0.717) is 13.0 Å². The van der Waals surface area contributed by atoms with Gasteiger partial charge < -0.3 is 19.9 Å². The van der Waals surface area contributed by atoms with Crippen LogP contribution in [0.1, 0.15) is 60.7 Å². The van der Waals surface area contributed by atoms with Crippen molar-refractivity contribution in [2.75, 3.05) is 0 Å². The summed E-state index contributed by atoms with van der Waals surface area (Å²) in [4.78, 5) is 14.3. The van der Waals surface area contributed by atoms with Gasteiger partial charge in [-0.25, -0.2) is 0 Å². The zero-order chi connectivity index (χ0) is 29.6. The van der Waals surface area contributed by atoms with Crippen LogP contribution in [0.3, 0.4) is 0 Å². The van der Waals surface area contributed by atoms with Gasteiger partial charge in [-0.2, -0.15) is 0 Å². The third kappa shape index (κ3) is 6.82. The maximum Gasteiger partial charge on any atom is 0.320 e. The zero-order valence-electron chi connectivity index (χ0n) is 24.2. The highest BCUT2D eigenvalue weighted by Crippen LogP contribution is 2.38. The molecule has 6 heteroatoms. The van der Waals surface area contributed by atoms with Crippen LogP contribution in [-0.4, -0.2) is 22.0 Å². The molecular weight excluding hydrogens is 536 g/mol. The summed E-state index contributed by atoms with van der Waals surface area (Å²) in [7, 11) is 0. The van der Waals surface area contributed by atoms with Crippen LogP contribution in [0.4, 0.5) is 0 Å². The van der Waals surface area contributed by atoms with Crippen LogP contribution in [0.25, 0.3) is 6.08 Å². The monoisotopic (exact) mass is 572 g/mol. The van der Waals surface area contributed by atoms with Crippen molar-refractivity contribution in [2.45, 2.75) is 51.0 Å². The average molecular weight is 573 g/mol. The molecule has 1 unspecified atom stereocenters. The van der Waals surface area contributed by atoms with Crippen molar-refractivity contribution in [1.29, 1.82) is 0 Å². The van der Waals surface area contributed by atoms with Gasteiger partial charge in [0.15, 0.2) is 6.23 Å². The SMILES string of the molecule is CC1=C(CC=Cc2ccc([C@H]3CC[C@H](C(=O)O)N3Cc3ccc(Oc4ccccc4)cc3)cc2)NC(c2ccccc2)O1. The summed E-state index contributed by atoms with van der Waals surface area (Å²) in [6.45, 7) is 2.56. The van der Waals surface area contributed by atoms with Gasteiger partial charge in [0, 0.05) is 24.6 Å². The zero-order valence-corrected chi connectivity index (χ0v) is 24.2. The predicted molar refractivity (Wildman–Crippen MR) is 168 cm³/mol. The molecule has 2 N–H and O–H groups in total. The molecule has 0 radical (unpaired) electrons. The molecule has 0 aliphatic carbocycles. The summed E-state index contributed by atoms with van der Waals surface area (Å²) in [5.41, 5.74) is 5.50. The van der Waals surface area contributed by atoms with Gasteiger partial charge in [-0.15, -0.1) is 0 Å². The van der Waals surface area contributed by atoms with E-state index >= 15 is 0 Å². The van der Waals surface area contributed by atoms with Gasteiger partial charge in [0.2, 0.25) is 0 Å². The number of ether oxygens (including phenoxy) is 2. The number of allylic oxidation sites excluding steroid dienone is 2. The molecule has 2 heterocycles. The van der Waals surface area contributed by atoms with Crippen molar-refractivity contribution in [2.24, 2.45) is 0 Å². The molecule has 43 heavy (non-hydrogen) atoms. The largest absolute Gasteiger partial charge is 0.480 e. The molecule has 6 rings (SSSR count). The minimum atomic E-state index is -0.769. The van der Waals surface area contributed by atoms with E-state index < -0.39 is 12.0 Å². The van der Waals surface area contributed by atoms with Crippen LogP contribution in [-0.2, 0) is 16.1 Å². The van der Waals surface area contributed by atoms with Crippen LogP contribution in [0, 0.1) is 0 Å². The Labute approximate surface area is 252 Å². The van der Waals surface area contributed by atoms with Crippen LogP contribution in [0.2, 0.25) is 0 Å². The van der Waals surface area contributed by atoms with Gasteiger partial charge in [0.25, 0.3) is 0 Å². The fraction of sp³-hybridized carbons (Fsp3) is 0.216. The lowest BCUT2D eigenvalue weighted by Crippen LogP contribution is -2.36. The van der Waals surface area contributed by atoms with Gasteiger partial charge in [0.1, 0.15) is 23.3 Å². The topological polar surface area (TPSA) is 71.0 Å².